The Labute approximate surface area is 315 Å². The maximum Gasteiger partial charge on any atom is 0.266 e. The third kappa shape index (κ3) is 8.74. The van der Waals surface area contributed by atoms with Crippen molar-refractivity contribution < 1.29 is 37.3 Å². The first-order chi connectivity index (χ1) is 26.3. The Kier molecular flexibility index (Phi) is 12.3. The van der Waals surface area contributed by atoms with Crippen molar-refractivity contribution in [2.75, 3.05) is 33.2 Å². The van der Waals surface area contributed by atoms with Gasteiger partial charge in [-0.2, -0.15) is 0 Å². The van der Waals surface area contributed by atoms with Gasteiger partial charge in [-0.05, 0) is 70.8 Å². The van der Waals surface area contributed by atoms with Crippen LogP contribution in [0.5, 0.6) is 17.2 Å². The van der Waals surface area contributed by atoms with E-state index in [0.717, 1.165) is 16.7 Å². The van der Waals surface area contributed by atoms with Crippen LogP contribution in [0.2, 0.25) is 0 Å². The van der Waals surface area contributed by atoms with Crippen molar-refractivity contribution in [2.24, 2.45) is 4.99 Å². The van der Waals surface area contributed by atoms with Crippen molar-refractivity contribution in [3.05, 3.63) is 144 Å². The van der Waals surface area contributed by atoms with Gasteiger partial charge in [-0.3, -0.25) is 10.2 Å². The van der Waals surface area contributed by atoms with Crippen LogP contribution in [0.25, 0.3) is 11.1 Å². The lowest BCUT2D eigenvalue weighted by atomic mass is 9.84. The number of amides is 1. The largest absolute Gasteiger partial charge is 0.494 e. The summed E-state index contributed by atoms with van der Waals surface area (Å²) >= 11 is 0. The highest BCUT2D eigenvalue weighted by molar-refractivity contribution is 7.91. The molecule has 5 aromatic rings. The standard InChI is InChI=1S/C42H43N3O8S/c1-50-37-23-14-30(28-38(37)51-2)29-43-45-41(47)42(24-27-54(48,49)36-12-7-4-8-13-36)39(33-17-15-32(16-18-33)31-10-5-3-6-11-31)53-40(44-42)34-19-21-35(22-20-34)52-26-9-25-46/h3-8,10-23,28,39,43,46H,9,24-27,29H2,1-2H3,(H,45,47)/t39-,42-/m0/s1. The molecule has 0 spiro atoms. The number of aliphatic imine (C=N–C) groups is 1. The molecule has 2 atom stereocenters. The molecule has 54 heavy (non-hydrogen) atoms. The fourth-order valence-corrected chi connectivity index (χ4v) is 7.60. The van der Waals surface area contributed by atoms with E-state index in [9.17, 15) is 13.2 Å². The fraction of sp³-hybridized carbons (Fsp3) is 0.238. The SMILES string of the molecule is COc1ccc(CNNC(=O)[C@@]2(CCS(=O)(=O)c3ccccc3)N=C(c3ccc(OCCCO)cc3)O[C@H]2c2ccc(-c3ccccc3)cc2)cc1OC. The van der Waals surface area contributed by atoms with E-state index in [1.807, 2.05) is 60.7 Å². The first-order valence-corrected chi connectivity index (χ1v) is 19.2. The summed E-state index contributed by atoms with van der Waals surface area (Å²) in [5.41, 5.74) is 8.12. The Morgan fingerprint density at radius 2 is 1.46 bits per heavy atom. The molecule has 3 N–H and O–H groups in total. The minimum Gasteiger partial charge on any atom is -0.494 e. The van der Waals surface area contributed by atoms with Crippen molar-refractivity contribution >= 4 is 21.6 Å². The third-order valence-corrected chi connectivity index (χ3v) is 10.9. The molecule has 1 amide bonds. The summed E-state index contributed by atoms with van der Waals surface area (Å²) in [6.45, 7) is 0.587. The highest BCUT2D eigenvalue weighted by atomic mass is 32.2. The zero-order valence-corrected chi connectivity index (χ0v) is 30.9. The van der Waals surface area contributed by atoms with Gasteiger partial charge in [0, 0.05) is 31.6 Å². The van der Waals surface area contributed by atoms with Crippen LogP contribution in [0.3, 0.4) is 0 Å². The molecule has 12 heteroatoms. The number of carbonyl (C=O) groups is 1. The predicted octanol–water partition coefficient (Wildman–Crippen LogP) is 6.07. The number of methoxy groups -OCH3 is 2. The molecule has 1 aliphatic heterocycles. The normalized spacial score (nSPS) is 16.6. The molecule has 0 bridgehead atoms. The second kappa shape index (κ2) is 17.4. The lowest BCUT2D eigenvalue weighted by Crippen LogP contribution is -2.53. The Morgan fingerprint density at radius 1 is 0.815 bits per heavy atom. The maximum absolute atomic E-state index is 14.6. The van der Waals surface area contributed by atoms with E-state index in [-0.39, 0.29) is 36.1 Å². The van der Waals surface area contributed by atoms with Gasteiger partial charge in [-0.1, -0.05) is 78.9 Å². The fourth-order valence-electron chi connectivity index (χ4n) is 6.21. The van der Waals surface area contributed by atoms with Crippen LogP contribution in [-0.4, -0.2) is 64.1 Å². The zero-order valence-electron chi connectivity index (χ0n) is 30.1. The molecule has 5 aromatic carbocycles. The molecular formula is C42H43N3O8S. The smallest absolute Gasteiger partial charge is 0.266 e. The minimum atomic E-state index is -3.83. The molecule has 0 radical (unpaired) electrons. The monoisotopic (exact) mass is 749 g/mol. The average Bonchev–Trinajstić information content (AvgIpc) is 3.62. The number of hydrogen-bond acceptors (Lipinski definition) is 10. The molecule has 0 saturated carbocycles. The molecule has 11 nitrogen and oxygen atoms in total. The second-order valence-electron chi connectivity index (χ2n) is 12.7. The Bertz CT molecular complexity index is 2150. The lowest BCUT2D eigenvalue weighted by Gasteiger charge is -2.30. The first kappa shape index (κ1) is 38.0. The Balaban J connectivity index is 1.37. The van der Waals surface area contributed by atoms with Crippen LogP contribution in [-0.2, 0) is 25.9 Å². The van der Waals surface area contributed by atoms with Gasteiger partial charge in [0.2, 0.25) is 5.90 Å². The van der Waals surface area contributed by atoms with E-state index in [1.165, 1.54) is 12.1 Å². The van der Waals surface area contributed by atoms with Crippen molar-refractivity contribution in [1.29, 1.82) is 0 Å². The van der Waals surface area contributed by atoms with Gasteiger partial charge in [0.1, 0.15) is 5.75 Å². The van der Waals surface area contributed by atoms with Crippen LogP contribution in [0.1, 0.15) is 35.6 Å². The van der Waals surface area contributed by atoms with Crippen LogP contribution >= 0.6 is 0 Å². The van der Waals surface area contributed by atoms with Gasteiger partial charge >= 0.3 is 0 Å². The van der Waals surface area contributed by atoms with E-state index >= 15 is 0 Å². The topological polar surface area (TPSA) is 145 Å². The molecule has 1 heterocycles. The molecule has 0 aliphatic carbocycles. The number of aliphatic hydroxyl groups excluding tert-OH is 1. The van der Waals surface area contributed by atoms with Crippen LogP contribution in [0.4, 0.5) is 0 Å². The van der Waals surface area contributed by atoms with Gasteiger partial charge in [0.15, 0.2) is 33.0 Å². The van der Waals surface area contributed by atoms with Gasteiger partial charge < -0.3 is 24.1 Å². The van der Waals surface area contributed by atoms with Gasteiger partial charge in [-0.15, -0.1) is 0 Å². The highest BCUT2D eigenvalue weighted by Crippen LogP contribution is 2.43. The number of nitrogens with zero attached hydrogens (tertiary/aromatic N) is 1. The molecule has 0 aromatic heterocycles. The number of hydrogen-bond donors (Lipinski definition) is 3. The summed E-state index contributed by atoms with van der Waals surface area (Å²) in [5, 5.41) is 9.13. The molecule has 6 rings (SSSR count). The number of aliphatic hydroxyl groups is 1. The number of carbonyl (C=O) groups excluding carboxylic acids is 1. The number of nitrogens with one attached hydrogen (secondary N) is 2. The maximum atomic E-state index is 14.6. The summed E-state index contributed by atoms with van der Waals surface area (Å²) in [5.74, 6) is 0.934. The number of ether oxygens (including phenoxy) is 4. The number of rotatable bonds is 17. The summed E-state index contributed by atoms with van der Waals surface area (Å²) in [4.78, 5) is 19.8. The van der Waals surface area contributed by atoms with Crippen molar-refractivity contribution in [3.8, 4) is 28.4 Å². The van der Waals surface area contributed by atoms with E-state index in [2.05, 4.69) is 10.9 Å². The number of hydrazine groups is 1. The van der Waals surface area contributed by atoms with Crippen molar-refractivity contribution in [1.82, 2.24) is 10.9 Å². The third-order valence-electron chi connectivity index (χ3n) is 9.15. The highest BCUT2D eigenvalue weighted by Gasteiger charge is 2.53. The van der Waals surface area contributed by atoms with Crippen LogP contribution in [0.15, 0.2) is 137 Å². The molecule has 280 valence electrons. The van der Waals surface area contributed by atoms with Gasteiger partial charge in [-0.25, -0.2) is 18.8 Å². The Hall–Kier alpha value is -5.69. The minimum absolute atomic E-state index is 0.0176. The van der Waals surface area contributed by atoms with E-state index in [4.69, 9.17) is 29.0 Å². The number of benzene rings is 5. The van der Waals surface area contributed by atoms with Gasteiger partial charge in [0.25, 0.3) is 5.91 Å². The average molecular weight is 750 g/mol. The summed E-state index contributed by atoms with van der Waals surface area (Å²) in [6, 6.07) is 38.2. The lowest BCUT2D eigenvalue weighted by molar-refractivity contribution is -0.130. The molecular weight excluding hydrogens is 707 g/mol. The summed E-state index contributed by atoms with van der Waals surface area (Å²) in [6.07, 6.45) is -0.691. The first-order valence-electron chi connectivity index (χ1n) is 17.5. The Morgan fingerprint density at radius 3 is 2.13 bits per heavy atom. The van der Waals surface area contributed by atoms with E-state index in [0.29, 0.717) is 41.4 Å². The van der Waals surface area contributed by atoms with Crippen LogP contribution in [0, 0.1) is 0 Å². The zero-order chi connectivity index (χ0) is 38.0. The number of sulfone groups is 1. The molecule has 1 aliphatic rings. The van der Waals surface area contributed by atoms with E-state index in [1.54, 1.807) is 68.8 Å². The molecule has 0 fully saturated rings. The van der Waals surface area contributed by atoms with Gasteiger partial charge in [0.05, 0.1) is 31.5 Å². The van der Waals surface area contributed by atoms with Crippen molar-refractivity contribution in [2.45, 2.75) is 35.9 Å². The quantitative estimate of drug-likeness (QED) is 0.0762. The van der Waals surface area contributed by atoms with E-state index < -0.39 is 27.4 Å². The predicted molar refractivity (Wildman–Crippen MR) is 206 cm³/mol. The van der Waals surface area contributed by atoms with Crippen molar-refractivity contribution in [3.63, 3.8) is 0 Å². The summed E-state index contributed by atoms with van der Waals surface area (Å²) < 4.78 is 50.6. The van der Waals surface area contributed by atoms with Crippen LogP contribution < -0.4 is 25.1 Å². The molecule has 0 unspecified atom stereocenters. The second-order valence-corrected chi connectivity index (χ2v) is 14.8. The molecule has 0 saturated heterocycles. The summed E-state index contributed by atoms with van der Waals surface area (Å²) in [7, 11) is -0.729.